The molecular weight excluding hydrogens is 336 g/mol. The highest BCUT2D eigenvalue weighted by Gasteiger charge is 2.06. The van der Waals surface area contributed by atoms with Gasteiger partial charge < -0.3 is 4.57 Å². The summed E-state index contributed by atoms with van der Waals surface area (Å²) in [5.74, 6) is 0. The van der Waals surface area contributed by atoms with Crippen molar-refractivity contribution in [3.8, 4) is 6.07 Å². The molecule has 0 N–H and O–H groups in total. The number of hydrogen-bond donors (Lipinski definition) is 0. The van der Waals surface area contributed by atoms with Crippen molar-refractivity contribution in [2.45, 2.75) is 6.54 Å². The van der Waals surface area contributed by atoms with Gasteiger partial charge in [0.05, 0.1) is 11.6 Å². The molecule has 4 heteroatoms. The van der Waals surface area contributed by atoms with Gasteiger partial charge in [0.1, 0.15) is 0 Å². The Morgan fingerprint density at radius 1 is 1.15 bits per heavy atom. The zero-order chi connectivity index (χ0) is 14.1. The molecule has 0 aliphatic carbocycles. The minimum absolute atomic E-state index is 0.666. The smallest absolute Gasteiger partial charge is 0.0992 e. The highest BCUT2D eigenvalue weighted by molar-refractivity contribution is 9.10. The predicted molar refractivity (Wildman–Crippen MR) is 84.9 cm³/mol. The van der Waals surface area contributed by atoms with Gasteiger partial charge in [-0.2, -0.15) is 5.26 Å². The maximum absolute atomic E-state index is 9.00. The Hall–Kier alpha value is -1.76. The lowest BCUT2D eigenvalue weighted by atomic mass is 10.2. The lowest BCUT2D eigenvalue weighted by Gasteiger charge is -2.08. The van der Waals surface area contributed by atoms with E-state index in [1.165, 1.54) is 0 Å². The van der Waals surface area contributed by atoms with Gasteiger partial charge >= 0.3 is 0 Å². The summed E-state index contributed by atoms with van der Waals surface area (Å²) in [6.45, 7) is 0.685. The molecule has 0 fully saturated rings. The normalized spacial score (nSPS) is 10.7. The van der Waals surface area contributed by atoms with Crippen molar-refractivity contribution in [3.05, 3.63) is 69.3 Å². The molecule has 0 atom stereocenters. The van der Waals surface area contributed by atoms with Gasteiger partial charge in [-0.3, -0.25) is 0 Å². The summed E-state index contributed by atoms with van der Waals surface area (Å²) in [4.78, 5) is 0. The van der Waals surface area contributed by atoms with Crippen LogP contribution in [-0.2, 0) is 6.54 Å². The predicted octanol–water partition coefficient (Wildman–Crippen LogP) is 4.98. The summed E-state index contributed by atoms with van der Waals surface area (Å²) in [5, 5.41) is 10.9. The Morgan fingerprint density at radius 3 is 2.75 bits per heavy atom. The quantitative estimate of drug-likeness (QED) is 0.644. The molecule has 0 saturated carbocycles. The van der Waals surface area contributed by atoms with E-state index in [4.69, 9.17) is 16.9 Å². The molecule has 0 bridgehead atoms. The third-order valence-corrected chi connectivity index (χ3v) is 4.10. The summed E-state index contributed by atoms with van der Waals surface area (Å²) in [6.07, 6.45) is 2.02. The number of nitriles is 1. The van der Waals surface area contributed by atoms with Crippen LogP contribution in [0.5, 0.6) is 0 Å². The molecular formula is C16H10BrClN2. The standard InChI is InChI=1S/C16H10BrClN2/c17-14-4-3-13(15(18)8-14)10-20-6-5-12-2-1-11(9-19)7-16(12)20/h1-8H,10H2. The molecule has 1 aromatic heterocycles. The Bertz CT molecular complexity index is 830. The minimum atomic E-state index is 0.666. The fourth-order valence-corrected chi connectivity index (χ4v) is 2.96. The van der Waals surface area contributed by atoms with Crippen LogP contribution in [0.15, 0.2) is 53.1 Å². The van der Waals surface area contributed by atoms with Crippen molar-refractivity contribution in [1.82, 2.24) is 4.57 Å². The van der Waals surface area contributed by atoms with Crippen LogP contribution in [0.1, 0.15) is 11.1 Å². The largest absolute Gasteiger partial charge is 0.343 e. The number of nitrogens with zero attached hydrogens (tertiary/aromatic N) is 2. The Labute approximate surface area is 130 Å². The highest BCUT2D eigenvalue weighted by atomic mass is 79.9. The van der Waals surface area contributed by atoms with Crippen LogP contribution in [0.25, 0.3) is 10.9 Å². The average Bonchev–Trinajstić information content (AvgIpc) is 2.84. The van der Waals surface area contributed by atoms with E-state index >= 15 is 0 Å². The Morgan fingerprint density at radius 2 is 2.00 bits per heavy atom. The van der Waals surface area contributed by atoms with Crippen LogP contribution in [0.4, 0.5) is 0 Å². The first kappa shape index (κ1) is 13.2. The fourth-order valence-electron chi connectivity index (χ4n) is 2.22. The van der Waals surface area contributed by atoms with E-state index in [9.17, 15) is 0 Å². The van der Waals surface area contributed by atoms with Crippen molar-refractivity contribution >= 4 is 38.4 Å². The van der Waals surface area contributed by atoms with Gasteiger partial charge in [0.15, 0.2) is 0 Å². The molecule has 0 saturated heterocycles. The topological polar surface area (TPSA) is 28.7 Å². The summed E-state index contributed by atoms with van der Waals surface area (Å²) in [5.41, 5.74) is 2.76. The number of rotatable bonds is 2. The number of aromatic nitrogens is 1. The second-order valence-corrected chi connectivity index (χ2v) is 5.89. The maximum Gasteiger partial charge on any atom is 0.0992 e. The first-order valence-electron chi connectivity index (χ1n) is 6.10. The summed E-state index contributed by atoms with van der Waals surface area (Å²) >= 11 is 9.67. The van der Waals surface area contributed by atoms with Gasteiger partial charge in [0, 0.05) is 27.8 Å². The lowest BCUT2D eigenvalue weighted by molar-refractivity contribution is 0.837. The molecule has 98 valence electrons. The van der Waals surface area contributed by atoms with E-state index < -0.39 is 0 Å². The van der Waals surface area contributed by atoms with Crippen molar-refractivity contribution in [1.29, 1.82) is 5.26 Å². The molecule has 0 spiro atoms. The van der Waals surface area contributed by atoms with Crippen molar-refractivity contribution in [3.63, 3.8) is 0 Å². The molecule has 0 radical (unpaired) electrons. The molecule has 2 aromatic carbocycles. The zero-order valence-electron chi connectivity index (χ0n) is 10.5. The van der Waals surface area contributed by atoms with Gasteiger partial charge in [-0.15, -0.1) is 0 Å². The SMILES string of the molecule is N#Cc1ccc2ccn(Cc3ccc(Br)cc3Cl)c2c1. The molecule has 3 aromatic rings. The van der Waals surface area contributed by atoms with E-state index in [1.54, 1.807) is 0 Å². The van der Waals surface area contributed by atoms with Crippen molar-refractivity contribution < 1.29 is 0 Å². The Balaban J connectivity index is 2.04. The van der Waals surface area contributed by atoms with E-state index in [0.717, 1.165) is 26.0 Å². The third kappa shape index (κ3) is 2.45. The van der Waals surface area contributed by atoms with Crippen LogP contribution < -0.4 is 0 Å². The summed E-state index contributed by atoms with van der Waals surface area (Å²) in [6, 6.07) is 15.8. The van der Waals surface area contributed by atoms with Crippen LogP contribution in [-0.4, -0.2) is 4.57 Å². The van der Waals surface area contributed by atoms with Crippen molar-refractivity contribution in [2.75, 3.05) is 0 Å². The number of benzene rings is 2. The number of fused-ring (bicyclic) bond motifs is 1. The maximum atomic E-state index is 9.00. The van der Waals surface area contributed by atoms with Crippen molar-refractivity contribution in [2.24, 2.45) is 0 Å². The minimum Gasteiger partial charge on any atom is -0.343 e. The van der Waals surface area contributed by atoms with Gasteiger partial charge in [-0.05, 0) is 41.3 Å². The van der Waals surface area contributed by atoms with Crippen LogP contribution in [0, 0.1) is 11.3 Å². The van der Waals surface area contributed by atoms with E-state index in [1.807, 2.05) is 48.7 Å². The van der Waals surface area contributed by atoms with Crippen LogP contribution >= 0.6 is 27.5 Å². The van der Waals surface area contributed by atoms with Gasteiger partial charge in [-0.1, -0.05) is 39.7 Å². The number of hydrogen-bond acceptors (Lipinski definition) is 1. The highest BCUT2D eigenvalue weighted by Crippen LogP contribution is 2.24. The molecule has 2 nitrogen and oxygen atoms in total. The van der Waals surface area contributed by atoms with Gasteiger partial charge in [-0.25, -0.2) is 0 Å². The second kappa shape index (κ2) is 5.32. The second-order valence-electron chi connectivity index (χ2n) is 4.56. The van der Waals surface area contributed by atoms with E-state index in [2.05, 4.69) is 26.6 Å². The van der Waals surface area contributed by atoms with E-state index in [-0.39, 0.29) is 0 Å². The Kier molecular flexibility index (Phi) is 3.52. The fraction of sp³-hybridized carbons (Fsp3) is 0.0625. The molecule has 0 aliphatic rings. The first-order valence-corrected chi connectivity index (χ1v) is 7.27. The molecule has 0 aliphatic heterocycles. The molecule has 20 heavy (non-hydrogen) atoms. The monoisotopic (exact) mass is 344 g/mol. The molecule has 0 unspecified atom stereocenters. The summed E-state index contributed by atoms with van der Waals surface area (Å²) in [7, 11) is 0. The first-order chi connectivity index (χ1) is 9.67. The van der Waals surface area contributed by atoms with Gasteiger partial charge in [0.2, 0.25) is 0 Å². The van der Waals surface area contributed by atoms with Crippen LogP contribution in [0.3, 0.4) is 0 Å². The lowest BCUT2D eigenvalue weighted by Crippen LogP contribution is -1.98. The van der Waals surface area contributed by atoms with Gasteiger partial charge in [0.25, 0.3) is 0 Å². The average molecular weight is 346 g/mol. The molecule has 0 amide bonds. The third-order valence-electron chi connectivity index (χ3n) is 3.26. The molecule has 1 heterocycles. The summed E-state index contributed by atoms with van der Waals surface area (Å²) < 4.78 is 3.07. The zero-order valence-corrected chi connectivity index (χ0v) is 12.8. The van der Waals surface area contributed by atoms with E-state index in [0.29, 0.717) is 12.1 Å². The number of halogens is 2. The van der Waals surface area contributed by atoms with Crippen LogP contribution in [0.2, 0.25) is 5.02 Å². The molecule has 3 rings (SSSR count).